The summed E-state index contributed by atoms with van der Waals surface area (Å²) in [5.41, 5.74) is 11.2. The molecule has 0 spiro atoms. The molecule has 0 radical (unpaired) electrons. The molecule has 0 atom stereocenters. The van der Waals surface area contributed by atoms with Crippen LogP contribution in [0.1, 0.15) is 58.9 Å². The molecular weight excluding hydrogens is 232 g/mol. The van der Waals surface area contributed by atoms with E-state index in [2.05, 4.69) is 51.5 Å². The number of hydrogen-bond donors (Lipinski definition) is 2. The lowest BCUT2D eigenvalue weighted by Gasteiger charge is -2.02. The number of aromatic nitrogens is 2. The summed E-state index contributed by atoms with van der Waals surface area (Å²) in [5.74, 6) is 0. The molecule has 0 amide bonds. The summed E-state index contributed by atoms with van der Waals surface area (Å²) >= 11 is 0. The van der Waals surface area contributed by atoms with Gasteiger partial charge in [0.15, 0.2) is 0 Å². The smallest absolute Gasteiger partial charge is 0.0283 e. The monoisotopic (exact) mass is 258 g/mol. The molecule has 0 aromatic carbocycles. The number of aromatic amines is 2. The van der Waals surface area contributed by atoms with E-state index in [0.29, 0.717) is 0 Å². The van der Waals surface area contributed by atoms with E-state index in [1.54, 1.807) is 0 Å². The number of H-pyrrole nitrogens is 2. The number of aryl methyl sites for hydroxylation is 2. The quantitative estimate of drug-likeness (QED) is 0.820. The molecule has 2 aromatic rings. The number of nitrogens with one attached hydrogen (secondary N) is 2. The Morgan fingerprint density at radius 2 is 1.05 bits per heavy atom. The van der Waals surface area contributed by atoms with Gasteiger partial charge in [-0.15, -0.1) is 0 Å². The molecule has 0 fully saturated rings. The van der Waals surface area contributed by atoms with Crippen molar-refractivity contribution in [2.45, 2.75) is 60.8 Å². The highest BCUT2D eigenvalue weighted by Crippen LogP contribution is 2.24. The van der Waals surface area contributed by atoms with Gasteiger partial charge in [-0.1, -0.05) is 13.8 Å². The second kappa shape index (κ2) is 5.28. The Hall–Kier alpha value is -1.44. The van der Waals surface area contributed by atoms with Gasteiger partial charge in [0.2, 0.25) is 0 Å². The van der Waals surface area contributed by atoms with Crippen LogP contribution in [0.3, 0.4) is 0 Å². The van der Waals surface area contributed by atoms with Gasteiger partial charge in [-0.3, -0.25) is 0 Å². The molecule has 2 aromatic heterocycles. The normalized spacial score (nSPS) is 11.3. The molecule has 0 bridgehead atoms. The first-order valence-electron chi connectivity index (χ1n) is 7.33. The molecule has 0 saturated heterocycles. The van der Waals surface area contributed by atoms with E-state index in [4.69, 9.17) is 0 Å². The third-order valence-corrected chi connectivity index (χ3v) is 4.45. The average molecular weight is 258 g/mol. The van der Waals surface area contributed by atoms with Gasteiger partial charge in [-0.25, -0.2) is 0 Å². The summed E-state index contributed by atoms with van der Waals surface area (Å²) in [5, 5.41) is 0. The van der Waals surface area contributed by atoms with Crippen LogP contribution in [0.15, 0.2) is 0 Å². The maximum Gasteiger partial charge on any atom is 0.0283 e. The summed E-state index contributed by atoms with van der Waals surface area (Å²) in [7, 11) is 0. The van der Waals surface area contributed by atoms with Crippen molar-refractivity contribution < 1.29 is 0 Å². The molecule has 2 nitrogen and oxygen atoms in total. The van der Waals surface area contributed by atoms with Crippen LogP contribution >= 0.6 is 0 Å². The molecule has 104 valence electrons. The molecule has 0 aliphatic carbocycles. The van der Waals surface area contributed by atoms with E-state index < -0.39 is 0 Å². The fourth-order valence-corrected chi connectivity index (χ4v) is 3.31. The maximum absolute atomic E-state index is 3.57. The lowest BCUT2D eigenvalue weighted by atomic mass is 10.0. The highest BCUT2D eigenvalue weighted by atomic mass is 14.8. The minimum atomic E-state index is 0.985. The van der Waals surface area contributed by atoms with Crippen molar-refractivity contribution in [3.05, 3.63) is 45.0 Å². The Kier molecular flexibility index (Phi) is 3.88. The van der Waals surface area contributed by atoms with Gasteiger partial charge >= 0.3 is 0 Å². The highest BCUT2D eigenvalue weighted by Gasteiger charge is 2.14. The van der Waals surface area contributed by atoms with E-state index >= 15 is 0 Å². The first kappa shape index (κ1) is 14.0. The van der Waals surface area contributed by atoms with Crippen LogP contribution < -0.4 is 0 Å². The van der Waals surface area contributed by atoms with Crippen LogP contribution in [0.2, 0.25) is 0 Å². The second-order valence-corrected chi connectivity index (χ2v) is 5.55. The van der Waals surface area contributed by atoms with Crippen LogP contribution in [0.4, 0.5) is 0 Å². The molecule has 19 heavy (non-hydrogen) atoms. The van der Waals surface area contributed by atoms with E-state index in [0.717, 1.165) is 19.3 Å². The molecule has 0 aliphatic heterocycles. The predicted molar refractivity (Wildman–Crippen MR) is 82.1 cm³/mol. The van der Waals surface area contributed by atoms with Crippen molar-refractivity contribution in [3.63, 3.8) is 0 Å². The van der Waals surface area contributed by atoms with Crippen molar-refractivity contribution in [2.24, 2.45) is 0 Å². The minimum Gasteiger partial charge on any atom is -0.362 e. The van der Waals surface area contributed by atoms with Crippen molar-refractivity contribution in [2.75, 3.05) is 0 Å². The Labute approximate surface area is 116 Å². The fourth-order valence-electron chi connectivity index (χ4n) is 3.31. The van der Waals surface area contributed by atoms with Crippen molar-refractivity contribution in [1.29, 1.82) is 0 Å². The number of hydrogen-bond acceptors (Lipinski definition) is 0. The Balaban J connectivity index is 2.37. The van der Waals surface area contributed by atoms with Crippen LogP contribution in [-0.4, -0.2) is 9.97 Å². The van der Waals surface area contributed by atoms with E-state index in [9.17, 15) is 0 Å². The molecule has 2 N–H and O–H groups in total. The van der Waals surface area contributed by atoms with Gasteiger partial charge in [0.1, 0.15) is 0 Å². The summed E-state index contributed by atoms with van der Waals surface area (Å²) in [6.45, 7) is 13.3. The highest BCUT2D eigenvalue weighted by molar-refractivity contribution is 5.41. The molecule has 0 saturated carbocycles. The SMILES string of the molecule is CCc1c(C)[nH]c(Cc2[nH]c(C)c(CC)c2C)c1C. The topological polar surface area (TPSA) is 31.6 Å². The van der Waals surface area contributed by atoms with Crippen molar-refractivity contribution in [1.82, 2.24) is 9.97 Å². The summed E-state index contributed by atoms with van der Waals surface area (Å²) in [4.78, 5) is 7.13. The fraction of sp³-hybridized carbons (Fsp3) is 0.529. The van der Waals surface area contributed by atoms with Gasteiger partial charge in [0.05, 0.1) is 0 Å². The van der Waals surface area contributed by atoms with Gasteiger partial charge < -0.3 is 9.97 Å². The van der Waals surface area contributed by atoms with Gasteiger partial charge in [0.25, 0.3) is 0 Å². The largest absolute Gasteiger partial charge is 0.362 e. The lowest BCUT2D eigenvalue weighted by Crippen LogP contribution is -1.94. The van der Waals surface area contributed by atoms with Crippen molar-refractivity contribution in [3.8, 4) is 0 Å². The van der Waals surface area contributed by atoms with Crippen molar-refractivity contribution >= 4 is 0 Å². The Bertz CT molecular complexity index is 533. The van der Waals surface area contributed by atoms with E-state index in [1.165, 1.54) is 45.0 Å². The zero-order valence-corrected chi connectivity index (χ0v) is 13.1. The predicted octanol–water partition coefficient (Wildman–Crippen LogP) is 4.29. The Morgan fingerprint density at radius 3 is 1.32 bits per heavy atom. The van der Waals surface area contributed by atoms with Gasteiger partial charge in [-0.05, 0) is 62.8 Å². The summed E-state index contributed by atoms with van der Waals surface area (Å²) in [6, 6.07) is 0. The van der Waals surface area contributed by atoms with Crippen LogP contribution in [0.25, 0.3) is 0 Å². The van der Waals surface area contributed by atoms with Gasteiger partial charge in [-0.2, -0.15) is 0 Å². The third-order valence-electron chi connectivity index (χ3n) is 4.45. The zero-order chi connectivity index (χ0) is 14.2. The Morgan fingerprint density at radius 1 is 0.684 bits per heavy atom. The maximum atomic E-state index is 3.57. The third kappa shape index (κ3) is 2.36. The molecule has 0 aliphatic rings. The first-order chi connectivity index (χ1) is 8.99. The second-order valence-electron chi connectivity index (χ2n) is 5.55. The van der Waals surface area contributed by atoms with Crippen LogP contribution in [0, 0.1) is 27.7 Å². The van der Waals surface area contributed by atoms with Crippen LogP contribution in [-0.2, 0) is 19.3 Å². The lowest BCUT2D eigenvalue weighted by molar-refractivity contribution is 1.00. The molecule has 0 unspecified atom stereocenters. The zero-order valence-electron chi connectivity index (χ0n) is 13.1. The summed E-state index contributed by atoms with van der Waals surface area (Å²) in [6.07, 6.45) is 3.20. The minimum absolute atomic E-state index is 0.985. The molecule has 2 rings (SSSR count). The molecule has 2 heterocycles. The van der Waals surface area contributed by atoms with Gasteiger partial charge in [0, 0.05) is 29.2 Å². The summed E-state index contributed by atoms with van der Waals surface area (Å²) < 4.78 is 0. The van der Waals surface area contributed by atoms with Crippen LogP contribution in [0.5, 0.6) is 0 Å². The number of rotatable bonds is 4. The molecular formula is C17H26N2. The van der Waals surface area contributed by atoms with E-state index in [-0.39, 0.29) is 0 Å². The average Bonchev–Trinajstić information content (AvgIpc) is 2.78. The first-order valence-corrected chi connectivity index (χ1v) is 7.33. The molecule has 2 heteroatoms. The standard InChI is InChI=1S/C17H26N2/c1-7-14-10(3)16(18-12(14)5)9-17-11(4)15(8-2)13(6)19-17/h18-19H,7-9H2,1-6H3. The van der Waals surface area contributed by atoms with E-state index in [1.807, 2.05) is 0 Å².